The number of terminal acetylenes is 1. The fourth-order valence-electron chi connectivity index (χ4n) is 1.96. The maximum atomic E-state index is 4.60. The summed E-state index contributed by atoms with van der Waals surface area (Å²) >= 11 is 0. The van der Waals surface area contributed by atoms with Gasteiger partial charge in [0.1, 0.15) is 0 Å². The van der Waals surface area contributed by atoms with E-state index in [2.05, 4.69) is 17.7 Å². The molecule has 2 saturated carbocycles. The maximum absolute atomic E-state index is 4.60. The molecular weight excluding hydrogens is 194 g/mol. The van der Waals surface area contributed by atoms with Crippen LogP contribution in [0.4, 0.5) is 0 Å². The molecule has 1 N–H and O–H groups in total. The van der Waals surface area contributed by atoms with Crippen LogP contribution in [0.1, 0.15) is 65.7 Å². The molecule has 0 bridgehead atoms. The van der Waals surface area contributed by atoms with Gasteiger partial charge in [-0.25, -0.2) is 0 Å². The lowest BCUT2D eigenvalue weighted by Gasteiger charge is -2.22. The van der Waals surface area contributed by atoms with Gasteiger partial charge in [0.05, 0.1) is 0 Å². The third kappa shape index (κ3) is 8.80. The van der Waals surface area contributed by atoms with Crippen LogP contribution in [-0.4, -0.2) is 12.6 Å². The van der Waals surface area contributed by atoms with Gasteiger partial charge < -0.3 is 5.32 Å². The topological polar surface area (TPSA) is 12.0 Å². The highest BCUT2D eigenvalue weighted by atomic mass is 14.9. The Morgan fingerprint density at radius 2 is 1.56 bits per heavy atom. The Balaban J connectivity index is 0.000000394. The van der Waals surface area contributed by atoms with E-state index in [4.69, 9.17) is 0 Å². The van der Waals surface area contributed by atoms with Crippen molar-refractivity contribution in [2.75, 3.05) is 6.54 Å². The summed E-state index contributed by atoms with van der Waals surface area (Å²) in [6.07, 6.45) is 14.8. The van der Waals surface area contributed by atoms with Gasteiger partial charge in [0, 0.05) is 6.04 Å². The summed E-state index contributed by atoms with van der Waals surface area (Å²) in [6, 6.07) is 0.879. The molecule has 0 amide bonds. The Bertz CT molecular complexity index is 170. The monoisotopic (exact) mass is 223 g/mol. The van der Waals surface area contributed by atoms with Crippen molar-refractivity contribution < 1.29 is 0 Å². The Morgan fingerprint density at radius 3 is 2.00 bits per heavy atom. The highest BCUT2D eigenvalue weighted by molar-refractivity contribution is 4.79. The molecule has 0 radical (unpaired) electrons. The zero-order valence-corrected chi connectivity index (χ0v) is 11.4. The third-order valence-electron chi connectivity index (χ3n) is 3.00. The SMILES string of the molecule is C#CC.C1CCC(NCC2CC2)CC1.CC. The molecule has 0 atom stereocenters. The van der Waals surface area contributed by atoms with E-state index in [1.54, 1.807) is 6.92 Å². The molecule has 1 nitrogen and oxygen atoms in total. The summed E-state index contributed by atoms with van der Waals surface area (Å²) < 4.78 is 0. The molecule has 2 fully saturated rings. The minimum atomic E-state index is 0.879. The lowest BCUT2D eigenvalue weighted by atomic mass is 9.95. The second-order valence-electron chi connectivity index (χ2n) is 4.48. The van der Waals surface area contributed by atoms with Gasteiger partial charge in [0.25, 0.3) is 0 Å². The fraction of sp³-hybridized carbons (Fsp3) is 0.867. The standard InChI is InChI=1S/C10H19N.C3H4.C2H6/c1-2-4-10(5-3-1)11-8-9-6-7-9;1-3-2;1-2/h9-11H,1-8H2;1H,2H3;1-2H3. The maximum Gasteiger partial charge on any atom is 0.00671 e. The van der Waals surface area contributed by atoms with Crippen LogP contribution >= 0.6 is 0 Å². The Kier molecular flexibility index (Phi) is 10.7. The van der Waals surface area contributed by atoms with Crippen LogP contribution in [-0.2, 0) is 0 Å². The molecular formula is C15H29N. The van der Waals surface area contributed by atoms with E-state index in [0.29, 0.717) is 0 Å². The fourth-order valence-corrected chi connectivity index (χ4v) is 1.96. The van der Waals surface area contributed by atoms with Crippen molar-refractivity contribution in [3.63, 3.8) is 0 Å². The molecule has 0 saturated heterocycles. The number of hydrogen-bond donors (Lipinski definition) is 1. The zero-order valence-electron chi connectivity index (χ0n) is 11.4. The summed E-state index contributed by atoms with van der Waals surface area (Å²) in [5.41, 5.74) is 0. The van der Waals surface area contributed by atoms with Crippen molar-refractivity contribution in [3.8, 4) is 12.3 Å². The minimum absolute atomic E-state index is 0.879. The van der Waals surface area contributed by atoms with E-state index >= 15 is 0 Å². The van der Waals surface area contributed by atoms with Gasteiger partial charge in [-0.15, -0.1) is 12.3 Å². The van der Waals surface area contributed by atoms with Crippen molar-refractivity contribution in [3.05, 3.63) is 0 Å². The van der Waals surface area contributed by atoms with Crippen molar-refractivity contribution in [1.82, 2.24) is 5.32 Å². The number of nitrogens with one attached hydrogen (secondary N) is 1. The molecule has 2 rings (SSSR count). The largest absolute Gasteiger partial charge is 0.314 e. The predicted octanol–water partition coefficient (Wildman–Crippen LogP) is 3.98. The van der Waals surface area contributed by atoms with E-state index in [1.807, 2.05) is 13.8 Å². The lowest BCUT2D eigenvalue weighted by molar-refractivity contribution is 0.369. The first-order chi connectivity index (χ1) is 7.86. The van der Waals surface area contributed by atoms with E-state index in [9.17, 15) is 0 Å². The van der Waals surface area contributed by atoms with E-state index in [0.717, 1.165) is 12.0 Å². The van der Waals surface area contributed by atoms with Crippen LogP contribution in [0.3, 0.4) is 0 Å². The summed E-state index contributed by atoms with van der Waals surface area (Å²) in [7, 11) is 0. The summed E-state index contributed by atoms with van der Waals surface area (Å²) in [4.78, 5) is 0. The highest BCUT2D eigenvalue weighted by Crippen LogP contribution is 2.28. The average Bonchev–Trinajstić information content (AvgIpc) is 3.15. The first-order valence-corrected chi connectivity index (χ1v) is 6.97. The molecule has 94 valence electrons. The van der Waals surface area contributed by atoms with Crippen LogP contribution in [0.2, 0.25) is 0 Å². The van der Waals surface area contributed by atoms with Gasteiger partial charge >= 0.3 is 0 Å². The smallest absolute Gasteiger partial charge is 0.00671 e. The normalized spacial score (nSPS) is 19.6. The zero-order chi connectivity index (χ0) is 12.2. The van der Waals surface area contributed by atoms with Crippen LogP contribution in [0.15, 0.2) is 0 Å². The van der Waals surface area contributed by atoms with Gasteiger partial charge in [0.2, 0.25) is 0 Å². The Hall–Kier alpha value is -0.480. The van der Waals surface area contributed by atoms with Crippen LogP contribution in [0, 0.1) is 18.3 Å². The first-order valence-electron chi connectivity index (χ1n) is 6.97. The van der Waals surface area contributed by atoms with Gasteiger partial charge in [-0.2, -0.15) is 0 Å². The molecule has 2 aliphatic carbocycles. The molecule has 0 heterocycles. The number of rotatable bonds is 3. The van der Waals surface area contributed by atoms with Crippen molar-refractivity contribution in [2.24, 2.45) is 5.92 Å². The molecule has 0 aromatic heterocycles. The summed E-state index contributed by atoms with van der Waals surface area (Å²) in [5, 5.41) is 3.68. The Labute approximate surface area is 102 Å². The van der Waals surface area contributed by atoms with E-state index < -0.39 is 0 Å². The third-order valence-corrected chi connectivity index (χ3v) is 3.00. The van der Waals surface area contributed by atoms with Crippen LogP contribution < -0.4 is 5.32 Å². The quantitative estimate of drug-likeness (QED) is 0.714. The van der Waals surface area contributed by atoms with Crippen molar-refractivity contribution in [2.45, 2.75) is 71.8 Å². The van der Waals surface area contributed by atoms with Gasteiger partial charge in [-0.3, -0.25) is 0 Å². The average molecular weight is 223 g/mol. The van der Waals surface area contributed by atoms with Crippen molar-refractivity contribution >= 4 is 0 Å². The van der Waals surface area contributed by atoms with Crippen molar-refractivity contribution in [1.29, 1.82) is 0 Å². The highest BCUT2D eigenvalue weighted by Gasteiger charge is 2.22. The van der Waals surface area contributed by atoms with E-state index in [1.165, 1.54) is 51.5 Å². The second-order valence-corrected chi connectivity index (χ2v) is 4.48. The van der Waals surface area contributed by atoms with Crippen LogP contribution in [0.25, 0.3) is 0 Å². The van der Waals surface area contributed by atoms with Gasteiger partial charge in [-0.1, -0.05) is 33.1 Å². The first kappa shape index (κ1) is 15.5. The molecule has 0 aromatic carbocycles. The molecule has 0 aromatic rings. The van der Waals surface area contributed by atoms with Gasteiger partial charge in [-0.05, 0) is 45.1 Å². The molecule has 0 spiro atoms. The summed E-state index contributed by atoms with van der Waals surface area (Å²) in [6.45, 7) is 6.96. The molecule has 0 unspecified atom stereocenters. The minimum Gasteiger partial charge on any atom is -0.314 e. The second kappa shape index (κ2) is 11.0. The summed E-state index contributed by atoms with van der Waals surface area (Å²) in [5.74, 6) is 3.30. The molecule has 16 heavy (non-hydrogen) atoms. The van der Waals surface area contributed by atoms with E-state index in [-0.39, 0.29) is 0 Å². The lowest BCUT2D eigenvalue weighted by Crippen LogP contribution is -2.32. The molecule has 0 aliphatic heterocycles. The molecule has 2 aliphatic rings. The predicted molar refractivity (Wildman–Crippen MR) is 73.5 cm³/mol. The van der Waals surface area contributed by atoms with Crippen LogP contribution in [0.5, 0.6) is 0 Å². The number of hydrogen-bond acceptors (Lipinski definition) is 1. The van der Waals surface area contributed by atoms with Gasteiger partial charge in [0.15, 0.2) is 0 Å². The Morgan fingerprint density at radius 1 is 1.06 bits per heavy atom. The molecule has 1 heteroatoms.